The van der Waals surface area contributed by atoms with Crippen LogP contribution in [-0.4, -0.2) is 6.36 Å². The van der Waals surface area contributed by atoms with Crippen molar-refractivity contribution in [2.75, 3.05) is 0 Å². The number of alkyl halides is 1. The molecule has 1 unspecified atom stereocenters. The molecule has 0 bridgehead atoms. The van der Waals surface area contributed by atoms with Crippen molar-refractivity contribution in [3.8, 4) is 5.75 Å². The van der Waals surface area contributed by atoms with Crippen molar-refractivity contribution in [2.24, 2.45) is 0 Å². The first kappa shape index (κ1) is 9.52. The lowest BCUT2D eigenvalue weighted by Crippen LogP contribution is -2.03. The molecule has 12 heavy (non-hydrogen) atoms. The van der Waals surface area contributed by atoms with Gasteiger partial charge >= 0.3 is 0 Å². The van der Waals surface area contributed by atoms with E-state index in [0.29, 0.717) is 5.75 Å². The monoisotopic (exact) mass is 232 g/mol. The second-order valence-corrected chi connectivity index (χ2v) is 3.43. The van der Waals surface area contributed by atoms with E-state index in [4.69, 9.17) is 4.74 Å². The van der Waals surface area contributed by atoms with Crippen molar-refractivity contribution in [1.29, 1.82) is 0 Å². The van der Waals surface area contributed by atoms with Crippen molar-refractivity contribution < 1.29 is 9.13 Å². The van der Waals surface area contributed by atoms with Crippen molar-refractivity contribution in [3.63, 3.8) is 0 Å². The Hall–Kier alpha value is -0.570. The van der Waals surface area contributed by atoms with Gasteiger partial charge in [0.15, 0.2) is 0 Å². The third-order valence-electron chi connectivity index (χ3n) is 1.44. The maximum atomic E-state index is 12.4. The van der Waals surface area contributed by atoms with Crippen LogP contribution in [0.25, 0.3) is 0 Å². The fraction of sp³-hybridized carbons (Fsp3) is 0.333. The van der Waals surface area contributed by atoms with Crippen LogP contribution in [0.3, 0.4) is 0 Å². The Morgan fingerprint density at radius 2 is 2.17 bits per heavy atom. The minimum atomic E-state index is -1.26. The van der Waals surface area contributed by atoms with E-state index >= 15 is 0 Å². The van der Waals surface area contributed by atoms with E-state index in [1.54, 1.807) is 12.1 Å². The summed E-state index contributed by atoms with van der Waals surface area (Å²) in [5, 5.41) is 0. The summed E-state index contributed by atoms with van der Waals surface area (Å²) in [5.74, 6) is 0.544. The summed E-state index contributed by atoms with van der Waals surface area (Å²) in [6, 6.07) is 5.38. The highest BCUT2D eigenvalue weighted by Gasteiger charge is 2.01. The fourth-order valence-corrected chi connectivity index (χ4v) is 1.19. The molecule has 0 amide bonds. The van der Waals surface area contributed by atoms with Crippen LogP contribution in [0.5, 0.6) is 5.75 Å². The van der Waals surface area contributed by atoms with Gasteiger partial charge in [0.1, 0.15) is 5.75 Å². The Morgan fingerprint density at radius 3 is 2.67 bits per heavy atom. The zero-order chi connectivity index (χ0) is 9.14. The van der Waals surface area contributed by atoms with Crippen molar-refractivity contribution >= 4 is 15.9 Å². The first-order chi connectivity index (χ1) is 5.59. The Balaban J connectivity index is 2.82. The van der Waals surface area contributed by atoms with Crippen LogP contribution in [0.4, 0.5) is 4.39 Å². The molecule has 0 aliphatic heterocycles. The second kappa shape index (κ2) is 3.90. The van der Waals surface area contributed by atoms with Crippen LogP contribution in [0.15, 0.2) is 22.7 Å². The first-order valence-corrected chi connectivity index (χ1v) is 4.46. The maximum absolute atomic E-state index is 12.4. The highest BCUT2D eigenvalue weighted by Crippen LogP contribution is 2.22. The summed E-state index contributed by atoms with van der Waals surface area (Å²) in [5.41, 5.74) is 1.11. The van der Waals surface area contributed by atoms with E-state index in [1.807, 2.05) is 13.0 Å². The lowest BCUT2D eigenvalue weighted by Gasteiger charge is -2.07. The SMILES string of the molecule is Cc1ccc(OC(C)F)cc1Br. The van der Waals surface area contributed by atoms with Gasteiger partial charge in [-0.1, -0.05) is 22.0 Å². The smallest absolute Gasteiger partial charge is 0.235 e. The van der Waals surface area contributed by atoms with E-state index in [0.717, 1.165) is 10.0 Å². The topological polar surface area (TPSA) is 9.23 Å². The molecule has 1 atom stereocenters. The largest absolute Gasteiger partial charge is 0.461 e. The average molecular weight is 233 g/mol. The summed E-state index contributed by atoms with van der Waals surface area (Å²) in [7, 11) is 0. The summed E-state index contributed by atoms with van der Waals surface area (Å²) in [6.45, 7) is 3.32. The molecule has 0 aliphatic rings. The third-order valence-corrected chi connectivity index (χ3v) is 2.30. The molecule has 0 aliphatic carbocycles. The molecule has 0 aromatic heterocycles. The molecule has 0 spiro atoms. The predicted octanol–water partition coefficient (Wildman–Crippen LogP) is 3.45. The normalized spacial score (nSPS) is 12.7. The van der Waals surface area contributed by atoms with Crippen molar-refractivity contribution in [1.82, 2.24) is 0 Å². The molecule has 1 nitrogen and oxygen atoms in total. The molecule has 0 radical (unpaired) electrons. The molecule has 1 aromatic rings. The van der Waals surface area contributed by atoms with Gasteiger partial charge in [-0.25, -0.2) is 4.39 Å². The number of hydrogen-bond acceptors (Lipinski definition) is 1. The molecule has 1 rings (SSSR count). The third kappa shape index (κ3) is 2.48. The number of aryl methyl sites for hydroxylation is 1. The zero-order valence-corrected chi connectivity index (χ0v) is 8.56. The maximum Gasteiger partial charge on any atom is 0.235 e. The summed E-state index contributed by atoms with van der Waals surface area (Å²) in [6.07, 6.45) is -1.26. The van der Waals surface area contributed by atoms with E-state index in [-0.39, 0.29) is 0 Å². The van der Waals surface area contributed by atoms with Crippen molar-refractivity contribution in [2.45, 2.75) is 20.2 Å². The molecule has 1 aromatic carbocycles. The number of rotatable bonds is 2. The quantitative estimate of drug-likeness (QED) is 0.760. The standard InChI is InChI=1S/C9H10BrFO/c1-6-3-4-8(5-9(6)10)12-7(2)11/h3-5,7H,1-2H3. The van der Waals surface area contributed by atoms with E-state index in [2.05, 4.69) is 15.9 Å². The highest BCUT2D eigenvalue weighted by atomic mass is 79.9. The van der Waals surface area contributed by atoms with Gasteiger partial charge in [0.2, 0.25) is 6.36 Å². The lowest BCUT2D eigenvalue weighted by atomic mass is 10.2. The summed E-state index contributed by atoms with van der Waals surface area (Å²) in [4.78, 5) is 0. The number of hydrogen-bond donors (Lipinski definition) is 0. The van der Waals surface area contributed by atoms with Gasteiger partial charge in [-0.3, -0.25) is 0 Å². The summed E-state index contributed by atoms with van der Waals surface area (Å²) < 4.78 is 18.2. The molecule has 0 saturated heterocycles. The first-order valence-electron chi connectivity index (χ1n) is 3.66. The van der Waals surface area contributed by atoms with Crippen LogP contribution >= 0.6 is 15.9 Å². The molecule has 0 heterocycles. The molecule has 0 N–H and O–H groups in total. The highest BCUT2D eigenvalue weighted by molar-refractivity contribution is 9.10. The molecule has 0 fully saturated rings. The van der Waals surface area contributed by atoms with Gasteiger partial charge < -0.3 is 4.74 Å². The Labute approximate surface area is 79.7 Å². The van der Waals surface area contributed by atoms with Gasteiger partial charge in [0.05, 0.1) is 0 Å². The lowest BCUT2D eigenvalue weighted by molar-refractivity contribution is 0.0860. The van der Waals surface area contributed by atoms with Gasteiger partial charge in [-0.2, -0.15) is 0 Å². The van der Waals surface area contributed by atoms with Crippen molar-refractivity contribution in [3.05, 3.63) is 28.2 Å². The Kier molecular flexibility index (Phi) is 3.09. The molecule has 0 saturated carbocycles. The average Bonchev–Trinajstić information content (AvgIpc) is 1.96. The number of benzene rings is 1. The minimum absolute atomic E-state index is 0.544. The number of halogens is 2. The van der Waals surface area contributed by atoms with Gasteiger partial charge in [0.25, 0.3) is 0 Å². The van der Waals surface area contributed by atoms with Crippen LogP contribution < -0.4 is 4.74 Å². The van der Waals surface area contributed by atoms with E-state index < -0.39 is 6.36 Å². The molecular weight excluding hydrogens is 223 g/mol. The van der Waals surface area contributed by atoms with Crippen LogP contribution in [0.1, 0.15) is 12.5 Å². The second-order valence-electron chi connectivity index (χ2n) is 2.57. The van der Waals surface area contributed by atoms with Crippen LogP contribution in [0, 0.1) is 6.92 Å². The summed E-state index contributed by atoms with van der Waals surface area (Å²) >= 11 is 3.33. The van der Waals surface area contributed by atoms with Crippen LogP contribution in [0.2, 0.25) is 0 Å². The Morgan fingerprint density at radius 1 is 1.50 bits per heavy atom. The van der Waals surface area contributed by atoms with Crippen LogP contribution in [-0.2, 0) is 0 Å². The van der Waals surface area contributed by atoms with Gasteiger partial charge in [-0.05, 0) is 24.6 Å². The zero-order valence-electron chi connectivity index (χ0n) is 6.97. The molecule has 66 valence electrons. The minimum Gasteiger partial charge on any atom is -0.461 e. The molecular formula is C9H10BrFO. The number of ether oxygens (including phenoxy) is 1. The fourth-order valence-electron chi connectivity index (χ4n) is 0.834. The van der Waals surface area contributed by atoms with E-state index in [9.17, 15) is 4.39 Å². The van der Waals surface area contributed by atoms with Gasteiger partial charge in [-0.15, -0.1) is 0 Å². The Bertz CT molecular complexity index is 273. The van der Waals surface area contributed by atoms with Gasteiger partial charge in [0, 0.05) is 11.4 Å². The van der Waals surface area contributed by atoms with E-state index in [1.165, 1.54) is 6.92 Å². The molecule has 3 heteroatoms. The predicted molar refractivity (Wildman–Crippen MR) is 50.1 cm³/mol.